The Labute approximate surface area is 446 Å². The van der Waals surface area contributed by atoms with Gasteiger partial charge in [0.15, 0.2) is 0 Å². The van der Waals surface area contributed by atoms with Gasteiger partial charge in [-0.05, 0) is 0 Å². The molecule has 0 nitrogen and oxygen atoms in total. The third-order valence-corrected chi connectivity index (χ3v) is 39.0. The van der Waals surface area contributed by atoms with Gasteiger partial charge in [-0.2, -0.15) is 0 Å². The molecule has 4 heteroatoms. The standard InChI is InChI=1S/2C29H23.C12H9Si.2ClH.Zr/c2*1-2-21-17-18-24-19-25(22-11-5-3-6-12-22)20-28(24)29(21)27-16-10-9-15-26(27)23-13-7-4-8-14-23;1-3-7-11-9(5-1)10-6-2-4-8-12(10)13-11;;;/h2*3-20H,2H2,1H3;1-7H,13H2;2*1H;/q;;;;;+2/p-2. The Morgan fingerprint density at radius 3 is 1.19 bits per heavy atom. The van der Waals surface area contributed by atoms with Crippen LogP contribution in [0.25, 0.3) is 78.9 Å². The summed E-state index contributed by atoms with van der Waals surface area (Å²) in [6.45, 7) is 4.58. The number of hydrogen-bond donors (Lipinski definition) is 0. The minimum atomic E-state index is -6.14. The van der Waals surface area contributed by atoms with Crippen LogP contribution in [0.15, 0.2) is 237 Å². The van der Waals surface area contributed by atoms with Crippen LogP contribution in [-0.4, -0.2) is 9.52 Å². The SMILES string of the molecule is CCc1ccc2c(c1-c1ccccc1-c1ccccc1)C=C(c1ccccc1)[CH]2[Zr]([Cl])([Cl])([c]1cccc2c1[SiH2]c1ccccc1-2)[CH]1C(c2ccccc2)=Cc2c1ccc(CC)c2-c1ccccc1-c1ccccc1. The third-order valence-electron chi connectivity index (χ3n) is 16.5. The summed E-state index contributed by atoms with van der Waals surface area (Å²) in [6.07, 6.45) is 6.79. The molecule has 10 aromatic rings. The van der Waals surface area contributed by atoms with Crippen LogP contribution in [0.1, 0.15) is 65.6 Å². The van der Waals surface area contributed by atoms with E-state index in [0.717, 1.165) is 24.0 Å². The van der Waals surface area contributed by atoms with Crippen molar-refractivity contribution in [1.29, 1.82) is 0 Å². The summed E-state index contributed by atoms with van der Waals surface area (Å²) in [4.78, 5) is 0. The Balaban J connectivity index is 1.16. The molecule has 0 saturated carbocycles. The second-order valence-electron chi connectivity index (χ2n) is 20.4. The van der Waals surface area contributed by atoms with Gasteiger partial charge in [-0.1, -0.05) is 0 Å². The van der Waals surface area contributed by atoms with Crippen molar-refractivity contribution in [2.45, 2.75) is 33.9 Å². The topological polar surface area (TPSA) is 0 Å². The first-order chi connectivity index (χ1) is 36.3. The van der Waals surface area contributed by atoms with Gasteiger partial charge < -0.3 is 0 Å². The quantitative estimate of drug-likeness (QED) is 0.113. The third kappa shape index (κ3) is 7.47. The van der Waals surface area contributed by atoms with Crippen LogP contribution in [0.2, 0.25) is 0 Å². The zero-order valence-electron chi connectivity index (χ0n) is 41.7. The van der Waals surface area contributed by atoms with Gasteiger partial charge in [0.05, 0.1) is 0 Å². The zero-order valence-corrected chi connectivity index (χ0v) is 47.1. The van der Waals surface area contributed by atoms with Crippen molar-refractivity contribution in [3.8, 4) is 55.6 Å². The maximum atomic E-state index is 9.82. The number of benzene rings is 10. The van der Waals surface area contributed by atoms with E-state index in [1.807, 2.05) is 0 Å². The van der Waals surface area contributed by atoms with E-state index in [1.165, 1.54) is 114 Å². The molecular weight excluding hydrogens is 1030 g/mol. The van der Waals surface area contributed by atoms with Gasteiger partial charge >= 0.3 is 451 Å². The first-order valence-corrected chi connectivity index (χ1v) is 38.1. The van der Waals surface area contributed by atoms with Crippen LogP contribution < -0.4 is 13.6 Å². The van der Waals surface area contributed by atoms with Crippen molar-refractivity contribution in [2.24, 2.45) is 0 Å². The van der Waals surface area contributed by atoms with Crippen molar-refractivity contribution < 1.29 is 16.4 Å². The molecule has 0 radical (unpaired) electrons. The summed E-state index contributed by atoms with van der Waals surface area (Å²) in [5.74, 6) is 0. The summed E-state index contributed by atoms with van der Waals surface area (Å²) < 4.78 is 0.555. The Bertz CT molecular complexity index is 3670. The molecule has 0 spiro atoms. The fourth-order valence-corrected chi connectivity index (χ4v) is 40.4. The van der Waals surface area contributed by atoms with Gasteiger partial charge in [-0.25, -0.2) is 0 Å². The molecule has 0 amide bonds. The molecule has 0 N–H and O–H groups in total. The predicted molar refractivity (Wildman–Crippen MR) is 319 cm³/mol. The number of hydrogen-bond acceptors (Lipinski definition) is 0. The van der Waals surface area contributed by atoms with Crippen LogP contribution >= 0.6 is 17.0 Å². The van der Waals surface area contributed by atoms with Gasteiger partial charge in [0.25, 0.3) is 0 Å². The average Bonchev–Trinajstić information content (AvgIpc) is 4.19. The second kappa shape index (κ2) is 18.9. The fraction of sp³-hybridized carbons (Fsp3) is 0.0857. The molecule has 2 unspecified atom stereocenters. The van der Waals surface area contributed by atoms with Crippen LogP contribution in [0.3, 0.4) is 0 Å². The zero-order chi connectivity index (χ0) is 50.0. The van der Waals surface area contributed by atoms with Crippen molar-refractivity contribution in [2.75, 3.05) is 0 Å². The number of allylic oxidation sites excluding steroid dienone is 2. The van der Waals surface area contributed by atoms with Crippen LogP contribution in [0.5, 0.6) is 0 Å². The van der Waals surface area contributed by atoms with E-state index in [2.05, 4.69) is 263 Å². The van der Waals surface area contributed by atoms with Crippen LogP contribution in [-0.2, 0) is 29.2 Å². The fourth-order valence-electron chi connectivity index (χ4n) is 13.3. The van der Waals surface area contributed by atoms with Crippen molar-refractivity contribution in [3.05, 3.63) is 281 Å². The summed E-state index contributed by atoms with van der Waals surface area (Å²) in [5, 5.41) is 2.86. The molecule has 357 valence electrons. The van der Waals surface area contributed by atoms with E-state index < -0.39 is 25.9 Å². The number of halogens is 2. The first kappa shape index (κ1) is 47.1. The molecule has 1 heterocycles. The first-order valence-electron chi connectivity index (χ1n) is 26.3. The summed E-state index contributed by atoms with van der Waals surface area (Å²) >= 11 is -6.14. The van der Waals surface area contributed by atoms with Crippen LogP contribution in [0.4, 0.5) is 0 Å². The average molecular weight is 1090 g/mol. The molecule has 1 aliphatic heterocycles. The van der Waals surface area contributed by atoms with Crippen molar-refractivity contribution >= 4 is 63.5 Å². The van der Waals surface area contributed by atoms with Crippen molar-refractivity contribution in [1.82, 2.24) is 0 Å². The number of rotatable bonds is 11. The van der Waals surface area contributed by atoms with Gasteiger partial charge in [0.1, 0.15) is 0 Å². The Hall–Kier alpha value is -6.64. The molecule has 0 fully saturated rings. The van der Waals surface area contributed by atoms with E-state index in [-0.39, 0.29) is 7.25 Å². The van der Waals surface area contributed by atoms with E-state index in [9.17, 15) is 17.0 Å². The molecule has 74 heavy (non-hydrogen) atoms. The monoisotopic (exact) mass is 1080 g/mol. The van der Waals surface area contributed by atoms with Crippen LogP contribution in [0, 0.1) is 0 Å². The Morgan fingerprint density at radius 2 is 0.743 bits per heavy atom. The van der Waals surface area contributed by atoms with E-state index in [0.29, 0.717) is 0 Å². The molecule has 2 atom stereocenters. The van der Waals surface area contributed by atoms with E-state index in [1.54, 1.807) is 0 Å². The van der Waals surface area contributed by atoms with Gasteiger partial charge in [0, 0.05) is 0 Å². The Kier molecular flexibility index (Phi) is 12.1. The number of fused-ring (bicyclic) bond motifs is 5. The number of aryl methyl sites for hydroxylation is 2. The summed E-state index contributed by atoms with van der Waals surface area (Å²) in [6, 6.07) is 87.5. The van der Waals surface area contributed by atoms with Gasteiger partial charge in [-0.3, -0.25) is 0 Å². The predicted octanol–water partition coefficient (Wildman–Crippen LogP) is 16.8. The molecular formula is C70H55Cl2SiZr. The van der Waals surface area contributed by atoms with Gasteiger partial charge in [-0.15, -0.1) is 0 Å². The molecule has 3 aliphatic rings. The maximum absolute atomic E-state index is 9.82. The molecule has 0 saturated heterocycles. The normalized spacial score (nSPS) is 16.1. The van der Waals surface area contributed by atoms with Crippen molar-refractivity contribution in [3.63, 3.8) is 0 Å². The molecule has 10 aromatic carbocycles. The summed E-state index contributed by atoms with van der Waals surface area (Å²) in [7, 11) is 18.6. The molecule has 0 bridgehead atoms. The second-order valence-corrected chi connectivity index (χ2v) is 42.8. The van der Waals surface area contributed by atoms with Gasteiger partial charge in [0.2, 0.25) is 0 Å². The Morgan fingerprint density at radius 1 is 0.365 bits per heavy atom. The molecule has 2 aliphatic carbocycles. The minimum absolute atomic E-state index is 0.330. The van der Waals surface area contributed by atoms with E-state index >= 15 is 0 Å². The molecule has 13 rings (SSSR count). The van der Waals surface area contributed by atoms with E-state index in [4.69, 9.17) is 0 Å². The molecule has 0 aromatic heterocycles. The summed E-state index contributed by atoms with van der Waals surface area (Å²) in [5.41, 5.74) is 24.7.